The fourth-order valence-electron chi connectivity index (χ4n) is 1.40. The highest BCUT2D eigenvalue weighted by molar-refractivity contribution is 6.17. The molecule has 0 aliphatic heterocycles. The number of halogens is 3. The molecule has 8 heteroatoms. The summed E-state index contributed by atoms with van der Waals surface area (Å²) in [5.74, 6) is -2.45. The molecule has 0 radical (unpaired) electrons. The highest BCUT2D eigenvalue weighted by Gasteiger charge is 2.19. The van der Waals surface area contributed by atoms with Crippen molar-refractivity contribution in [1.82, 2.24) is 4.98 Å². The highest BCUT2D eigenvalue weighted by Crippen LogP contribution is 2.29. The van der Waals surface area contributed by atoms with Crippen LogP contribution in [0.2, 0.25) is 0 Å². The van der Waals surface area contributed by atoms with Gasteiger partial charge in [-0.3, -0.25) is 10.1 Å². The van der Waals surface area contributed by atoms with Gasteiger partial charge >= 0.3 is 5.69 Å². The van der Waals surface area contributed by atoms with Crippen molar-refractivity contribution in [1.29, 1.82) is 0 Å². The van der Waals surface area contributed by atoms with Gasteiger partial charge in [-0.1, -0.05) is 6.07 Å². The third-order valence-corrected chi connectivity index (χ3v) is 2.67. The van der Waals surface area contributed by atoms with Crippen LogP contribution < -0.4 is 4.74 Å². The molecule has 2 aromatic rings. The Bertz CT molecular complexity index is 650. The molecule has 0 N–H and O–H groups in total. The average molecular weight is 301 g/mol. The van der Waals surface area contributed by atoms with Gasteiger partial charge in [0.25, 0.3) is 0 Å². The first-order valence-electron chi connectivity index (χ1n) is 5.33. The Labute approximate surface area is 116 Å². The Kier molecular flexibility index (Phi) is 4.09. The van der Waals surface area contributed by atoms with Crippen LogP contribution in [0, 0.1) is 21.7 Å². The predicted molar refractivity (Wildman–Crippen MR) is 66.9 cm³/mol. The van der Waals surface area contributed by atoms with E-state index in [0.29, 0.717) is 12.1 Å². The molecular weight excluding hydrogens is 294 g/mol. The summed E-state index contributed by atoms with van der Waals surface area (Å²) in [4.78, 5) is 13.3. The predicted octanol–water partition coefficient (Wildman–Crippen LogP) is 3.80. The Morgan fingerprint density at radius 1 is 1.30 bits per heavy atom. The molecule has 104 valence electrons. The van der Waals surface area contributed by atoms with E-state index in [1.807, 2.05) is 0 Å². The summed E-state index contributed by atoms with van der Waals surface area (Å²) in [7, 11) is 0. The van der Waals surface area contributed by atoms with Crippen molar-refractivity contribution in [2.45, 2.75) is 5.88 Å². The fraction of sp³-hybridized carbons (Fsp3) is 0.0833. The van der Waals surface area contributed by atoms with Gasteiger partial charge in [-0.25, -0.2) is 9.37 Å². The standard InChI is InChI=1S/C12H7ClF2N2O3/c13-5-7-1-2-12(16-6-7)20-11-4-8(14)10(17(18)19)3-9(11)15/h1-4,6H,5H2. The number of alkyl halides is 1. The van der Waals surface area contributed by atoms with Crippen molar-refractivity contribution in [3.63, 3.8) is 0 Å². The first-order chi connectivity index (χ1) is 9.51. The lowest BCUT2D eigenvalue weighted by molar-refractivity contribution is -0.387. The summed E-state index contributed by atoms with van der Waals surface area (Å²) < 4.78 is 32.0. The Balaban J connectivity index is 2.29. The number of nitro groups is 1. The molecule has 0 fully saturated rings. The summed E-state index contributed by atoms with van der Waals surface area (Å²) in [6.45, 7) is 0. The molecule has 5 nitrogen and oxygen atoms in total. The molecule has 1 aromatic heterocycles. The van der Waals surface area contributed by atoms with Crippen molar-refractivity contribution < 1.29 is 18.4 Å². The highest BCUT2D eigenvalue weighted by atomic mass is 35.5. The van der Waals surface area contributed by atoms with Crippen LogP contribution in [0.25, 0.3) is 0 Å². The van der Waals surface area contributed by atoms with E-state index in [-0.39, 0.29) is 11.8 Å². The molecule has 2 rings (SSSR count). The third kappa shape index (κ3) is 3.00. The minimum absolute atomic E-state index is 0.0195. The van der Waals surface area contributed by atoms with Crippen molar-refractivity contribution in [2.24, 2.45) is 0 Å². The van der Waals surface area contributed by atoms with Crippen LogP contribution >= 0.6 is 11.6 Å². The average Bonchev–Trinajstić information content (AvgIpc) is 2.43. The lowest BCUT2D eigenvalue weighted by atomic mass is 10.3. The smallest absolute Gasteiger partial charge is 0.307 e. The Morgan fingerprint density at radius 2 is 2.05 bits per heavy atom. The zero-order valence-corrected chi connectivity index (χ0v) is 10.6. The molecule has 0 atom stereocenters. The summed E-state index contributed by atoms with van der Waals surface area (Å²) in [5.41, 5.74) is -0.227. The third-order valence-electron chi connectivity index (χ3n) is 2.36. The number of benzene rings is 1. The SMILES string of the molecule is O=[N+]([O-])c1cc(F)c(Oc2ccc(CCl)cn2)cc1F. The Hall–Kier alpha value is -2.28. The summed E-state index contributed by atoms with van der Waals surface area (Å²) in [6.07, 6.45) is 1.42. The van der Waals surface area contributed by atoms with Gasteiger partial charge in [0, 0.05) is 24.2 Å². The Morgan fingerprint density at radius 3 is 2.60 bits per heavy atom. The first kappa shape index (κ1) is 14.1. The quantitative estimate of drug-likeness (QED) is 0.489. The van der Waals surface area contributed by atoms with E-state index in [9.17, 15) is 18.9 Å². The van der Waals surface area contributed by atoms with E-state index < -0.39 is 28.0 Å². The van der Waals surface area contributed by atoms with Crippen LogP contribution in [0.15, 0.2) is 30.5 Å². The largest absolute Gasteiger partial charge is 0.436 e. The van der Waals surface area contributed by atoms with Crippen LogP contribution in [0.5, 0.6) is 11.6 Å². The lowest BCUT2D eigenvalue weighted by Crippen LogP contribution is -1.97. The van der Waals surface area contributed by atoms with Gasteiger partial charge in [-0.2, -0.15) is 4.39 Å². The molecule has 0 spiro atoms. The molecule has 0 amide bonds. The van der Waals surface area contributed by atoms with Crippen molar-refractivity contribution in [3.8, 4) is 11.6 Å². The zero-order valence-electron chi connectivity index (χ0n) is 9.85. The van der Waals surface area contributed by atoms with E-state index >= 15 is 0 Å². The van der Waals surface area contributed by atoms with Crippen molar-refractivity contribution >= 4 is 17.3 Å². The number of nitrogens with zero attached hydrogens (tertiary/aromatic N) is 2. The number of hydrogen-bond acceptors (Lipinski definition) is 4. The number of rotatable bonds is 4. The zero-order chi connectivity index (χ0) is 14.7. The number of pyridine rings is 1. The molecule has 0 saturated heterocycles. The molecule has 20 heavy (non-hydrogen) atoms. The maximum atomic E-state index is 13.6. The summed E-state index contributed by atoms with van der Waals surface area (Å²) in [6, 6.07) is 4.09. The number of hydrogen-bond donors (Lipinski definition) is 0. The van der Waals surface area contributed by atoms with Gasteiger partial charge in [0.15, 0.2) is 11.6 Å². The van der Waals surface area contributed by atoms with E-state index in [1.165, 1.54) is 12.3 Å². The number of ether oxygens (including phenoxy) is 1. The van der Waals surface area contributed by atoms with Crippen LogP contribution in [0.3, 0.4) is 0 Å². The summed E-state index contributed by atoms with van der Waals surface area (Å²) in [5, 5.41) is 10.4. The molecule has 0 saturated carbocycles. The minimum atomic E-state index is -1.19. The maximum absolute atomic E-state index is 13.6. The van der Waals surface area contributed by atoms with Gasteiger partial charge < -0.3 is 4.74 Å². The molecular formula is C12H7ClF2N2O3. The second-order valence-corrected chi connectivity index (χ2v) is 4.00. The van der Waals surface area contributed by atoms with Gasteiger partial charge in [-0.15, -0.1) is 11.6 Å². The number of nitro benzene ring substituents is 1. The molecule has 0 bridgehead atoms. The molecule has 1 aromatic carbocycles. The fourth-order valence-corrected chi connectivity index (χ4v) is 1.56. The minimum Gasteiger partial charge on any atom is -0.436 e. The van der Waals surface area contributed by atoms with Gasteiger partial charge in [0.1, 0.15) is 0 Å². The van der Waals surface area contributed by atoms with E-state index in [2.05, 4.69) is 4.98 Å². The molecule has 0 unspecified atom stereocenters. The van der Waals surface area contributed by atoms with E-state index in [0.717, 1.165) is 5.56 Å². The lowest BCUT2D eigenvalue weighted by Gasteiger charge is -2.06. The summed E-state index contributed by atoms with van der Waals surface area (Å²) >= 11 is 5.58. The topological polar surface area (TPSA) is 65.3 Å². The second kappa shape index (κ2) is 5.79. The van der Waals surface area contributed by atoms with Gasteiger partial charge in [-0.05, 0) is 5.56 Å². The molecule has 0 aliphatic carbocycles. The van der Waals surface area contributed by atoms with Crippen LogP contribution in [-0.2, 0) is 5.88 Å². The van der Waals surface area contributed by atoms with Crippen LogP contribution in [0.1, 0.15) is 5.56 Å². The van der Waals surface area contributed by atoms with Crippen molar-refractivity contribution in [2.75, 3.05) is 0 Å². The monoisotopic (exact) mass is 300 g/mol. The molecule has 1 heterocycles. The van der Waals surface area contributed by atoms with Crippen LogP contribution in [-0.4, -0.2) is 9.91 Å². The van der Waals surface area contributed by atoms with Gasteiger partial charge in [0.05, 0.1) is 11.0 Å². The normalized spacial score (nSPS) is 10.3. The van der Waals surface area contributed by atoms with E-state index in [4.69, 9.17) is 16.3 Å². The molecule has 0 aliphatic rings. The second-order valence-electron chi connectivity index (χ2n) is 3.73. The van der Waals surface area contributed by atoms with Crippen molar-refractivity contribution in [3.05, 3.63) is 57.8 Å². The van der Waals surface area contributed by atoms with E-state index in [1.54, 1.807) is 6.07 Å². The first-order valence-corrected chi connectivity index (χ1v) is 5.87. The maximum Gasteiger partial charge on any atom is 0.307 e. The number of aromatic nitrogens is 1. The van der Waals surface area contributed by atoms with Crippen LogP contribution in [0.4, 0.5) is 14.5 Å². The van der Waals surface area contributed by atoms with Gasteiger partial charge in [0.2, 0.25) is 11.7 Å².